The predicted octanol–water partition coefficient (Wildman–Crippen LogP) is 2.39. The number of hydrogen-bond donors (Lipinski definition) is 2. The fourth-order valence-electron chi connectivity index (χ4n) is 7.47. The van der Waals surface area contributed by atoms with E-state index in [1.54, 1.807) is 0 Å². The number of nitrogens with zero attached hydrogens (tertiary/aromatic N) is 4. The standard InChI is InChI=1S/C25H41N5O3/c1-24(33)11-3-4-18-9-12-25(2)20(19(18)10-13-26-16-24)7-8-21(25)22(31)15-30-23(32)29(27-28-30)14-17-5-6-17/h17-21,26,33H,3-16H2,1-2H3/t18-,19+,20-,21+,24+,25-/m0/s1. The van der Waals surface area contributed by atoms with Gasteiger partial charge in [0.2, 0.25) is 0 Å². The zero-order chi connectivity index (χ0) is 23.2. The lowest BCUT2D eigenvalue weighted by atomic mass is 9.56. The molecule has 8 heteroatoms. The lowest BCUT2D eigenvalue weighted by Crippen LogP contribution is -2.46. The van der Waals surface area contributed by atoms with Gasteiger partial charge in [0.1, 0.15) is 6.54 Å². The molecule has 2 heterocycles. The first-order valence-corrected chi connectivity index (χ1v) is 13.2. The minimum Gasteiger partial charge on any atom is -0.389 e. The molecule has 1 aromatic rings. The van der Waals surface area contributed by atoms with Gasteiger partial charge in [-0.05, 0) is 104 Å². The van der Waals surface area contributed by atoms with E-state index in [0.29, 0.717) is 36.8 Å². The molecule has 0 spiro atoms. The number of β-amino-alcohol motifs (C(OH)–C–C–N with tert-alkyl or cyclic N) is 1. The predicted molar refractivity (Wildman–Crippen MR) is 125 cm³/mol. The first-order valence-electron chi connectivity index (χ1n) is 13.2. The molecular weight excluding hydrogens is 418 g/mol. The van der Waals surface area contributed by atoms with Crippen LogP contribution in [0.25, 0.3) is 0 Å². The van der Waals surface area contributed by atoms with E-state index < -0.39 is 5.60 Å². The van der Waals surface area contributed by atoms with Crippen molar-refractivity contribution in [1.82, 2.24) is 25.1 Å². The quantitative estimate of drug-likeness (QED) is 0.701. The Bertz CT molecular complexity index is 919. The van der Waals surface area contributed by atoms with Crippen LogP contribution in [0.3, 0.4) is 0 Å². The molecule has 4 fully saturated rings. The Morgan fingerprint density at radius 2 is 1.85 bits per heavy atom. The van der Waals surface area contributed by atoms with E-state index in [2.05, 4.69) is 22.7 Å². The third kappa shape index (κ3) is 4.70. The molecule has 6 atom stereocenters. The number of Topliss-reactive ketones (excluding diaryl/α,β-unsaturated/α-hetero) is 1. The highest BCUT2D eigenvalue weighted by Gasteiger charge is 2.55. The molecule has 0 amide bonds. The minimum atomic E-state index is -0.612. The van der Waals surface area contributed by atoms with Gasteiger partial charge in [0.25, 0.3) is 0 Å². The molecule has 0 unspecified atom stereocenters. The number of ketones is 1. The van der Waals surface area contributed by atoms with Gasteiger partial charge >= 0.3 is 5.69 Å². The van der Waals surface area contributed by atoms with Crippen molar-refractivity contribution in [3.63, 3.8) is 0 Å². The van der Waals surface area contributed by atoms with Gasteiger partial charge in [-0.2, -0.15) is 9.36 Å². The number of nitrogens with one attached hydrogen (secondary N) is 1. The van der Waals surface area contributed by atoms with Crippen LogP contribution in [0, 0.1) is 35.0 Å². The normalized spacial score (nSPS) is 39.6. The van der Waals surface area contributed by atoms with Crippen molar-refractivity contribution < 1.29 is 9.90 Å². The maximum Gasteiger partial charge on any atom is 0.364 e. The van der Waals surface area contributed by atoms with Crippen molar-refractivity contribution in [2.45, 2.75) is 96.7 Å². The van der Waals surface area contributed by atoms with Crippen LogP contribution in [0.1, 0.15) is 78.1 Å². The van der Waals surface area contributed by atoms with Crippen molar-refractivity contribution in [3.8, 4) is 0 Å². The van der Waals surface area contributed by atoms with Crippen molar-refractivity contribution in [2.24, 2.45) is 35.0 Å². The fraction of sp³-hybridized carbons (Fsp3) is 0.920. The van der Waals surface area contributed by atoms with Crippen LogP contribution in [-0.2, 0) is 17.9 Å². The monoisotopic (exact) mass is 459 g/mol. The van der Waals surface area contributed by atoms with Gasteiger partial charge in [-0.3, -0.25) is 4.79 Å². The number of carbonyl (C=O) groups excluding carboxylic acids is 1. The molecule has 33 heavy (non-hydrogen) atoms. The third-order valence-electron chi connectivity index (χ3n) is 9.56. The molecular formula is C25H41N5O3. The highest BCUT2D eigenvalue weighted by atomic mass is 16.3. The molecule has 0 radical (unpaired) electrons. The Balaban J connectivity index is 1.27. The number of aliphatic hydroxyl groups is 1. The van der Waals surface area contributed by atoms with Crippen molar-refractivity contribution in [1.29, 1.82) is 0 Å². The number of aromatic nitrogens is 4. The molecule has 3 aliphatic carbocycles. The lowest BCUT2D eigenvalue weighted by molar-refractivity contribution is -0.129. The molecule has 184 valence electrons. The topological polar surface area (TPSA) is 102 Å². The highest BCUT2D eigenvalue weighted by molar-refractivity contribution is 5.82. The maximum atomic E-state index is 13.4. The Morgan fingerprint density at radius 1 is 1.06 bits per heavy atom. The summed E-state index contributed by atoms with van der Waals surface area (Å²) < 4.78 is 2.71. The van der Waals surface area contributed by atoms with Crippen LogP contribution in [0.4, 0.5) is 0 Å². The average Bonchev–Trinajstić information content (AvgIpc) is 3.43. The molecule has 0 bridgehead atoms. The van der Waals surface area contributed by atoms with Crippen molar-refractivity contribution >= 4 is 5.78 Å². The second-order valence-corrected chi connectivity index (χ2v) is 12.1. The van der Waals surface area contributed by atoms with Crippen LogP contribution in [-0.4, -0.2) is 49.4 Å². The summed E-state index contributed by atoms with van der Waals surface area (Å²) in [5.41, 5.74) is -0.839. The molecule has 8 nitrogen and oxygen atoms in total. The number of carbonyl (C=O) groups is 1. The van der Waals surface area contributed by atoms with Crippen LogP contribution in [0.15, 0.2) is 4.79 Å². The summed E-state index contributed by atoms with van der Waals surface area (Å²) in [4.78, 5) is 26.1. The van der Waals surface area contributed by atoms with Crippen molar-refractivity contribution in [2.75, 3.05) is 13.1 Å². The van der Waals surface area contributed by atoms with E-state index in [1.165, 1.54) is 22.2 Å². The zero-order valence-electron chi connectivity index (χ0n) is 20.3. The second-order valence-electron chi connectivity index (χ2n) is 12.1. The summed E-state index contributed by atoms with van der Waals surface area (Å²) in [5, 5.41) is 22.1. The van der Waals surface area contributed by atoms with Crippen LogP contribution >= 0.6 is 0 Å². The van der Waals surface area contributed by atoms with E-state index in [0.717, 1.165) is 57.9 Å². The molecule has 1 saturated heterocycles. The summed E-state index contributed by atoms with van der Waals surface area (Å²) in [6.45, 7) is 6.56. The van der Waals surface area contributed by atoms with Gasteiger partial charge in [-0.15, -0.1) is 0 Å². The Morgan fingerprint density at radius 3 is 2.64 bits per heavy atom. The Labute approximate surface area is 196 Å². The smallest absolute Gasteiger partial charge is 0.364 e. The Kier molecular flexibility index (Phi) is 6.27. The number of hydrogen-bond acceptors (Lipinski definition) is 6. The molecule has 2 N–H and O–H groups in total. The van der Waals surface area contributed by atoms with E-state index in [4.69, 9.17) is 0 Å². The van der Waals surface area contributed by atoms with Gasteiger partial charge in [0.15, 0.2) is 5.78 Å². The molecule has 3 saturated carbocycles. The number of fused-ring (bicyclic) bond motifs is 3. The molecule has 4 aliphatic rings. The first-order chi connectivity index (χ1) is 15.8. The second kappa shape index (κ2) is 8.91. The summed E-state index contributed by atoms with van der Waals surface area (Å²) in [7, 11) is 0. The number of rotatable bonds is 5. The van der Waals surface area contributed by atoms with Crippen LogP contribution in [0.2, 0.25) is 0 Å². The first kappa shape index (κ1) is 23.2. The highest BCUT2D eigenvalue weighted by Crippen LogP contribution is 2.60. The van der Waals surface area contributed by atoms with Gasteiger partial charge in [-0.1, -0.05) is 19.8 Å². The summed E-state index contributed by atoms with van der Waals surface area (Å²) >= 11 is 0. The largest absolute Gasteiger partial charge is 0.389 e. The average molecular weight is 460 g/mol. The third-order valence-corrected chi connectivity index (χ3v) is 9.56. The van der Waals surface area contributed by atoms with E-state index in [1.807, 2.05) is 6.92 Å². The van der Waals surface area contributed by atoms with Crippen molar-refractivity contribution in [3.05, 3.63) is 10.5 Å². The lowest BCUT2D eigenvalue weighted by Gasteiger charge is -2.49. The molecule has 1 aromatic heterocycles. The van der Waals surface area contributed by atoms with Crippen LogP contribution in [0.5, 0.6) is 0 Å². The molecule has 1 aliphatic heterocycles. The zero-order valence-corrected chi connectivity index (χ0v) is 20.3. The van der Waals surface area contributed by atoms with Gasteiger partial charge in [-0.25, -0.2) is 4.79 Å². The molecule has 5 rings (SSSR count). The van der Waals surface area contributed by atoms with E-state index >= 15 is 0 Å². The fourth-order valence-corrected chi connectivity index (χ4v) is 7.47. The van der Waals surface area contributed by atoms with Crippen LogP contribution < -0.4 is 11.0 Å². The summed E-state index contributed by atoms with van der Waals surface area (Å²) in [5.74, 6) is 2.61. The van der Waals surface area contributed by atoms with E-state index in [9.17, 15) is 14.7 Å². The van der Waals surface area contributed by atoms with Gasteiger partial charge in [0.05, 0.1) is 12.1 Å². The van der Waals surface area contributed by atoms with Gasteiger partial charge in [0, 0.05) is 12.5 Å². The minimum absolute atomic E-state index is 0.00744. The SMILES string of the molecule is C[C@@]1(O)CCC[C@H]2CC[C@]3(C)[C@@H](C(=O)Cn4nnn(CC5CC5)c4=O)CC[C@H]3[C@@H]2CCNC1. The number of tetrazole rings is 1. The summed E-state index contributed by atoms with van der Waals surface area (Å²) in [6, 6.07) is 0. The molecule has 0 aromatic carbocycles. The Hall–Kier alpha value is -1.54. The maximum absolute atomic E-state index is 13.4. The van der Waals surface area contributed by atoms with Gasteiger partial charge < -0.3 is 10.4 Å². The van der Waals surface area contributed by atoms with E-state index in [-0.39, 0.29) is 29.4 Å². The summed E-state index contributed by atoms with van der Waals surface area (Å²) in [6.07, 6.45) is 10.8.